The molecule has 6 heteroatoms. The number of nitrogens with zero attached hydrogens (tertiary/aromatic N) is 4. The predicted octanol–water partition coefficient (Wildman–Crippen LogP) is 0.781. The summed E-state index contributed by atoms with van der Waals surface area (Å²) in [6, 6.07) is 3.87. The standard InChI is InChI=1S/C15H18N4O2/c16-9-12-3-4-17-10-13(12)19-7-8-21-14(11-19)15(20)18-5-1-2-6-18/h3-4,10,14H,1-2,5-8,11H2. The van der Waals surface area contributed by atoms with E-state index in [9.17, 15) is 10.1 Å². The zero-order valence-electron chi connectivity index (χ0n) is 11.9. The molecule has 1 atom stereocenters. The third-order valence-corrected chi connectivity index (χ3v) is 4.02. The number of anilines is 1. The fourth-order valence-corrected chi connectivity index (χ4v) is 2.89. The fraction of sp³-hybridized carbons (Fsp3) is 0.533. The summed E-state index contributed by atoms with van der Waals surface area (Å²) in [6.45, 7) is 3.30. The van der Waals surface area contributed by atoms with E-state index in [0.717, 1.165) is 31.6 Å². The van der Waals surface area contributed by atoms with Gasteiger partial charge >= 0.3 is 0 Å². The number of carbonyl (C=O) groups is 1. The number of likely N-dealkylation sites (tertiary alicyclic amines) is 1. The minimum atomic E-state index is -0.441. The number of ether oxygens (including phenoxy) is 1. The van der Waals surface area contributed by atoms with Crippen LogP contribution < -0.4 is 4.90 Å². The summed E-state index contributed by atoms with van der Waals surface area (Å²) >= 11 is 0. The van der Waals surface area contributed by atoms with Crippen LogP contribution in [0, 0.1) is 11.3 Å². The third kappa shape index (κ3) is 2.83. The first kappa shape index (κ1) is 13.8. The Balaban J connectivity index is 1.73. The van der Waals surface area contributed by atoms with E-state index in [0.29, 0.717) is 25.3 Å². The monoisotopic (exact) mass is 286 g/mol. The number of amides is 1. The molecule has 0 aliphatic carbocycles. The summed E-state index contributed by atoms with van der Waals surface area (Å²) in [5, 5.41) is 9.19. The van der Waals surface area contributed by atoms with Crippen LogP contribution in [0.15, 0.2) is 18.5 Å². The van der Waals surface area contributed by atoms with Crippen LogP contribution in [0.4, 0.5) is 5.69 Å². The quantitative estimate of drug-likeness (QED) is 0.803. The molecule has 0 spiro atoms. The summed E-state index contributed by atoms with van der Waals surface area (Å²) in [6.07, 6.45) is 4.99. The number of pyridine rings is 1. The molecule has 2 aliphatic rings. The molecule has 1 aromatic rings. The highest BCUT2D eigenvalue weighted by atomic mass is 16.5. The summed E-state index contributed by atoms with van der Waals surface area (Å²) in [4.78, 5) is 20.4. The molecular weight excluding hydrogens is 268 g/mol. The number of hydrogen-bond donors (Lipinski definition) is 0. The van der Waals surface area contributed by atoms with Gasteiger partial charge < -0.3 is 14.5 Å². The van der Waals surface area contributed by atoms with Crippen LogP contribution in [0.3, 0.4) is 0 Å². The van der Waals surface area contributed by atoms with Crippen LogP contribution in [0.2, 0.25) is 0 Å². The summed E-state index contributed by atoms with van der Waals surface area (Å²) in [5.41, 5.74) is 1.36. The van der Waals surface area contributed by atoms with Crippen LogP contribution in [0.25, 0.3) is 0 Å². The molecule has 2 fully saturated rings. The Kier molecular flexibility index (Phi) is 4.02. The van der Waals surface area contributed by atoms with Crippen molar-refractivity contribution in [3.05, 3.63) is 24.0 Å². The van der Waals surface area contributed by atoms with E-state index in [1.165, 1.54) is 0 Å². The highest BCUT2D eigenvalue weighted by Crippen LogP contribution is 2.22. The van der Waals surface area contributed by atoms with Gasteiger partial charge in [0.1, 0.15) is 6.07 Å². The Morgan fingerprint density at radius 1 is 1.38 bits per heavy atom. The Morgan fingerprint density at radius 2 is 2.19 bits per heavy atom. The summed E-state index contributed by atoms with van der Waals surface area (Å²) in [7, 11) is 0. The zero-order valence-corrected chi connectivity index (χ0v) is 11.9. The average Bonchev–Trinajstić information content (AvgIpc) is 3.08. The molecule has 0 N–H and O–H groups in total. The smallest absolute Gasteiger partial charge is 0.253 e. The maximum absolute atomic E-state index is 12.4. The number of morpholine rings is 1. The minimum absolute atomic E-state index is 0.0691. The lowest BCUT2D eigenvalue weighted by atomic mass is 10.2. The van der Waals surface area contributed by atoms with Crippen LogP contribution >= 0.6 is 0 Å². The Hall–Kier alpha value is -2.13. The second-order valence-corrected chi connectivity index (χ2v) is 5.34. The van der Waals surface area contributed by atoms with Crippen molar-refractivity contribution in [2.24, 2.45) is 0 Å². The third-order valence-electron chi connectivity index (χ3n) is 4.02. The van der Waals surface area contributed by atoms with Crippen molar-refractivity contribution >= 4 is 11.6 Å². The van der Waals surface area contributed by atoms with Gasteiger partial charge in [-0.2, -0.15) is 5.26 Å². The van der Waals surface area contributed by atoms with Crippen molar-refractivity contribution in [3.8, 4) is 6.07 Å². The predicted molar refractivity (Wildman–Crippen MR) is 76.7 cm³/mol. The summed E-state index contributed by atoms with van der Waals surface area (Å²) in [5.74, 6) is 0.0691. The van der Waals surface area contributed by atoms with E-state index in [4.69, 9.17) is 4.74 Å². The van der Waals surface area contributed by atoms with Gasteiger partial charge in [-0.25, -0.2) is 0 Å². The van der Waals surface area contributed by atoms with E-state index in [2.05, 4.69) is 11.1 Å². The molecule has 21 heavy (non-hydrogen) atoms. The molecule has 0 radical (unpaired) electrons. The molecule has 3 rings (SSSR count). The summed E-state index contributed by atoms with van der Waals surface area (Å²) < 4.78 is 5.64. The van der Waals surface area contributed by atoms with E-state index >= 15 is 0 Å². The van der Waals surface area contributed by atoms with Crippen molar-refractivity contribution in [3.63, 3.8) is 0 Å². The van der Waals surface area contributed by atoms with E-state index in [1.54, 1.807) is 18.5 Å². The number of carbonyl (C=O) groups excluding carboxylic acids is 1. The highest BCUT2D eigenvalue weighted by molar-refractivity contribution is 5.82. The van der Waals surface area contributed by atoms with Gasteiger partial charge in [-0.3, -0.25) is 9.78 Å². The lowest BCUT2D eigenvalue weighted by Gasteiger charge is -2.35. The number of hydrogen-bond acceptors (Lipinski definition) is 5. The SMILES string of the molecule is N#Cc1ccncc1N1CCOC(C(=O)N2CCCC2)C1. The molecule has 1 amide bonds. The van der Waals surface area contributed by atoms with Crippen molar-refractivity contribution < 1.29 is 9.53 Å². The normalized spacial score (nSPS) is 22.1. The molecule has 1 unspecified atom stereocenters. The number of aromatic nitrogens is 1. The zero-order chi connectivity index (χ0) is 14.7. The second-order valence-electron chi connectivity index (χ2n) is 5.34. The van der Waals surface area contributed by atoms with Gasteiger partial charge in [0.2, 0.25) is 0 Å². The number of rotatable bonds is 2. The van der Waals surface area contributed by atoms with Gasteiger partial charge in [-0.05, 0) is 18.9 Å². The maximum Gasteiger partial charge on any atom is 0.253 e. The van der Waals surface area contributed by atoms with Crippen molar-refractivity contribution in [1.82, 2.24) is 9.88 Å². The Bertz CT molecular complexity index is 563. The molecule has 110 valence electrons. The van der Waals surface area contributed by atoms with E-state index < -0.39 is 6.10 Å². The first-order chi connectivity index (χ1) is 10.3. The first-order valence-electron chi connectivity index (χ1n) is 7.29. The van der Waals surface area contributed by atoms with Gasteiger partial charge in [0, 0.05) is 25.8 Å². The molecular formula is C15H18N4O2. The van der Waals surface area contributed by atoms with Crippen molar-refractivity contribution in [1.29, 1.82) is 5.26 Å². The van der Waals surface area contributed by atoms with E-state index in [1.807, 2.05) is 9.80 Å². The lowest BCUT2D eigenvalue weighted by molar-refractivity contribution is -0.143. The molecule has 1 aromatic heterocycles. The van der Waals surface area contributed by atoms with Crippen LogP contribution in [-0.2, 0) is 9.53 Å². The average molecular weight is 286 g/mol. The Labute approximate surface area is 123 Å². The van der Waals surface area contributed by atoms with Crippen LogP contribution in [-0.4, -0.2) is 54.7 Å². The topological polar surface area (TPSA) is 69.5 Å². The molecule has 3 heterocycles. The maximum atomic E-state index is 12.4. The number of nitriles is 1. The van der Waals surface area contributed by atoms with Gasteiger partial charge in [-0.1, -0.05) is 0 Å². The van der Waals surface area contributed by atoms with Gasteiger partial charge in [0.15, 0.2) is 6.10 Å². The van der Waals surface area contributed by atoms with Crippen LogP contribution in [0.1, 0.15) is 18.4 Å². The Morgan fingerprint density at radius 3 is 2.95 bits per heavy atom. The highest BCUT2D eigenvalue weighted by Gasteiger charge is 2.32. The van der Waals surface area contributed by atoms with E-state index in [-0.39, 0.29) is 5.91 Å². The molecule has 0 saturated carbocycles. The molecule has 6 nitrogen and oxygen atoms in total. The molecule has 0 aromatic carbocycles. The first-order valence-corrected chi connectivity index (χ1v) is 7.29. The van der Waals surface area contributed by atoms with Crippen molar-refractivity contribution in [2.45, 2.75) is 18.9 Å². The molecule has 2 aliphatic heterocycles. The largest absolute Gasteiger partial charge is 0.365 e. The molecule has 2 saturated heterocycles. The molecule has 0 bridgehead atoms. The minimum Gasteiger partial charge on any atom is -0.365 e. The van der Waals surface area contributed by atoms with Gasteiger partial charge in [0.05, 0.1) is 30.6 Å². The second kappa shape index (κ2) is 6.10. The fourth-order valence-electron chi connectivity index (χ4n) is 2.89. The van der Waals surface area contributed by atoms with Gasteiger partial charge in [0.25, 0.3) is 5.91 Å². The lowest BCUT2D eigenvalue weighted by Crippen LogP contribution is -2.50. The van der Waals surface area contributed by atoms with Crippen molar-refractivity contribution in [2.75, 3.05) is 37.7 Å². The van der Waals surface area contributed by atoms with Crippen LogP contribution in [0.5, 0.6) is 0 Å². The van der Waals surface area contributed by atoms with Gasteiger partial charge in [-0.15, -0.1) is 0 Å².